The van der Waals surface area contributed by atoms with Gasteiger partial charge < -0.3 is 15.4 Å². The fourth-order valence-electron chi connectivity index (χ4n) is 2.46. The zero-order valence-corrected chi connectivity index (χ0v) is 11.7. The van der Waals surface area contributed by atoms with Crippen molar-refractivity contribution in [2.24, 2.45) is 11.1 Å². The predicted octanol–water partition coefficient (Wildman–Crippen LogP) is 1.64. The summed E-state index contributed by atoms with van der Waals surface area (Å²) in [6, 6.07) is 7.62. The third-order valence-electron chi connectivity index (χ3n) is 3.85. The molecular weight excluding hydrogens is 240 g/mol. The second-order valence-corrected chi connectivity index (χ2v) is 5.62. The standard InChI is InChI=1S/C15H22N2O2/c1-15(10-16)7-8-17(11-15)14(18)13-5-3-12(4-6-13)9-19-2/h3-6H,7-11,16H2,1-2H3. The molecule has 1 aliphatic heterocycles. The Balaban J connectivity index is 2.04. The summed E-state index contributed by atoms with van der Waals surface area (Å²) in [6.07, 6.45) is 0.983. The zero-order chi connectivity index (χ0) is 13.9. The second-order valence-electron chi connectivity index (χ2n) is 5.62. The molecule has 1 aliphatic rings. The van der Waals surface area contributed by atoms with Crippen molar-refractivity contribution in [2.75, 3.05) is 26.7 Å². The highest BCUT2D eigenvalue weighted by atomic mass is 16.5. The lowest BCUT2D eigenvalue weighted by Gasteiger charge is -2.22. The number of methoxy groups -OCH3 is 1. The Bertz CT molecular complexity index is 444. The van der Waals surface area contributed by atoms with E-state index in [0.29, 0.717) is 13.2 Å². The Kier molecular flexibility index (Phi) is 4.22. The van der Waals surface area contributed by atoms with E-state index >= 15 is 0 Å². The molecule has 1 fully saturated rings. The van der Waals surface area contributed by atoms with Crippen molar-refractivity contribution in [2.45, 2.75) is 20.0 Å². The molecule has 0 bridgehead atoms. The van der Waals surface area contributed by atoms with Gasteiger partial charge in [-0.1, -0.05) is 19.1 Å². The van der Waals surface area contributed by atoms with Crippen molar-refractivity contribution in [3.8, 4) is 0 Å². The molecule has 1 heterocycles. The number of benzene rings is 1. The molecule has 4 nitrogen and oxygen atoms in total. The molecule has 1 aromatic rings. The van der Waals surface area contributed by atoms with E-state index in [4.69, 9.17) is 10.5 Å². The van der Waals surface area contributed by atoms with Gasteiger partial charge in [-0.25, -0.2) is 0 Å². The van der Waals surface area contributed by atoms with Gasteiger partial charge in [-0.15, -0.1) is 0 Å². The van der Waals surface area contributed by atoms with Crippen LogP contribution < -0.4 is 5.73 Å². The third-order valence-corrected chi connectivity index (χ3v) is 3.85. The average molecular weight is 262 g/mol. The van der Waals surface area contributed by atoms with Crippen LogP contribution in [0.5, 0.6) is 0 Å². The first-order valence-corrected chi connectivity index (χ1v) is 6.65. The van der Waals surface area contributed by atoms with Crippen LogP contribution in [0.2, 0.25) is 0 Å². The Morgan fingerprint density at radius 3 is 2.63 bits per heavy atom. The largest absolute Gasteiger partial charge is 0.380 e. The van der Waals surface area contributed by atoms with Gasteiger partial charge in [0.1, 0.15) is 0 Å². The van der Waals surface area contributed by atoms with Crippen LogP contribution in [0, 0.1) is 5.41 Å². The lowest BCUT2D eigenvalue weighted by Crippen LogP contribution is -2.34. The maximum atomic E-state index is 12.4. The fourth-order valence-corrected chi connectivity index (χ4v) is 2.46. The van der Waals surface area contributed by atoms with Crippen LogP contribution in [-0.4, -0.2) is 37.6 Å². The van der Waals surface area contributed by atoms with Gasteiger partial charge >= 0.3 is 0 Å². The van der Waals surface area contributed by atoms with E-state index in [0.717, 1.165) is 30.6 Å². The van der Waals surface area contributed by atoms with Gasteiger partial charge in [0, 0.05) is 25.8 Å². The molecule has 1 saturated heterocycles. The zero-order valence-electron chi connectivity index (χ0n) is 11.7. The number of carbonyl (C=O) groups is 1. The number of rotatable bonds is 4. The van der Waals surface area contributed by atoms with E-state index < -0.39 is 0 Å². The lowest BCUT2D eigenvalue weighted by molar-refractivity contribution is 0.0777. The fraction of sp³-hybridized carbons (Fsp3) is 0.533. The minimum atomic E-state index is 0.0751. The number of ether oxygens (including phenoxy) is 1. The van der Waals surface area contributed by atoms with Crippen molar-refractivity contribution < 1.29 is 9.53 Å². The molecule has 2 N–H and O–H groups in total. The number of likely N-dealkylation sites (tertiary alicyclic amines) is 1. The van der Waals surface area contributed by atoms with Crippen LogP contribution in [0.3, 0.4) is 0 Å². The summed E-state index contributed by atoms with van der Waals surface area (Å²) in [4.78, 5) is 14.3. The normalized spacial score (nSPS) is 22.8. The van der Waals surface area contributed by atoms with Gasteiger partial charge in [0.15, 0.2) is 0 Å². The molecule has 1 amide bonds. The van der Waals surface area contributed by atoms with Gasteiger partial charge in [0.05, 0.1) is 6.61 Å². The van der Waals surface area contributed by atoms with Crippen molar-refractivity contribution >= 4 is 5.91 Å². The van der Waals surface area contributed by atoms with Crippen LogP contribution in [0.15, 0.2) is 24.3 Å². The highest BCUT2D eigenvalue weighted by Crippen LogP contribution is 2.29. The number of nitrogens with two attached hydrogens (primary N) is 1. The molecular formula is C15H22N2O2. The summed E-state index contributed by atoms with van der Waals surface area (Å²) in [5.74, 6) is 0.0983. The Hall–Kier alpha value is -1.39. The molecule has 1 atom stereocenters. The first kappa shape index (κ1) is 14.0. The van der Waals surface area contributed by atoms with E-state index in [1.165, 1.54) is 0 Å². The smallest absolute Gasteiger partial charge is 0.253 e. The van der Waals surface area contributed by atoms with Crippen molar-refractivity contribution in [1.82, 2.24) is 4.90 Å². The molecule has 0 saturated carbocycles. The van der Waals surface area contributed by atoms with Crippen LogP contribution in [-0.2, 0) is 11.3 Å². The van der Waals surface area contributed by atoms with E-state index in [-0.39, 0.29) is 11.3 Å². The SMILES string of the molecule is COCc1ccc(C(=O)N2CCC(C)(CN)C2)cc1. The highest BCUT2D eigenvalue weighted by Gasteiger charge is 2.35. The van der Waals surface area contributed by atoms with E-state index in [9.17, 15) is 4.79 Å². The maximum Gasteiger partial charge on any atom is 0.253 e. The number of hydrogen-bond donors (Lipinski definition) is 1. The summed E-state index contributed by atoms with van der Waals surface area (Å²) < 4.78 is 5.06. The van der Waals surface area contributed by atoms with Gasteiger partial charge in [-0.2, -0.15) is 0 Å². The van der Waals surface area contributed by atoms with Crippen LogP contribution in [0.25, 0.3) is 0 Å². The maximum absolute atomic E-state index is 12.4. The molecule has 0 aliphatic carbocycles. The first-order valence-electron chi connectivity index (χ1n) is 6.65. The van der Waals surface area contributed by atoms with E-state index in [1.807, 2.05) is 29.2 Å². The van der Waals surface area contributed by atoms with E-state index in [1.54, 1.807) is 7.11 Å². The van der Waals surface area contributed by atoms with Crippen LogP contribution in [0.4, 0.5) is 0 Å². The molecule has 2 rings (SSSR count). The average Bonchev–Trinajstić information content (AvgIpc) is 2.83. The monoisotopic (exact) mass is 262 g/mol. The first-order chi connectivity index (χ1) is 9.08. The minimum Gasteiger partial charge on any atom is -0.380 e. The number of carbonyl (C=O) groups excluding carboxylic acids is 1. The Labute approximate surface area is 114 Å². The number of amides is 1. The summed E-state index contributed by atoms with van der Waals surface area (Å²) in [5.41, 5.74) is 7.66. The number of hydrogen-bond acceptors (Lipinski definition) is 3. The summed E-state index contributed by atoms with van der Waals surface area (Å²) in [7, 11) is 1.66. The molecule has 0 aromatic heterocycles. The van der Waals surface area contributed by atoms with E-state index in [2.05, 4.69) is 6.92 Å². The lowest BCUT2D eigenvalue weighted by atomic mass is 9.90. The minimum absolute atomic E-state index is 0.0751. The second kappa shape index (κ2) is 5.72. The molecule has 19 heavy (non-hydrogen) atoms. The molecule has 1 aromatic carbocycles. The number of nitrogens with zero attached hydrogens (tertiary/aromatic N) is 1. The van der Waals surface area contributed by atoms with Crippen LogP contribution >= 0.6 is 0 Å². The highest BCUT2D eigenvalue weighted by molar-refractivity contribution is 5.94. The summed E-state index contributed by atoms with van der Waals surface area (Å²) in [5, 5.41) is 0. The van der Waals surface area contributed by atoms with Crippen molar-refractivity contribution in [3.63, 3.8) is 0 Å². The summed E-state index contributed by atoms with van der Waals surface area (Å²) >= 11 is 0. The molecule has 0 spiro atoms. The van der Waals surface area contributed by atoms with Crippen molar-refractivity contribution in [3.05, 3.63) is 35.4 Å². The Morgan fingerprint density at radius 1 is 1.42 bits per heavy atom. The third kappa shape index (κ3) is 3.14. The quantitative estimate of drug-likeness (QED) is 0.897. The topological polar surface area (TPSA) is 55.6 Å². The van der Waals surface area contributed by atoms with Gasteiger partial charge in [0.25, 0.3) is 5.91 Å². The molecule has 104 valence electrons. The predicted molar refractivity (Wildman–Crippen MR) is 74.8 cm³/mol. The van der Waals surface area contributed by atoms with Gasteiger partial charge in [0.2, 0.25) is 0 Å². The molecule has 1 unspecified atom stereocenters. The Morgan fingerprint density at radius 2 is 2.11 bits per heavy atom. The molecule has 4 heteroatoms. The van der Waals surface area contributed by atoms with Crippen LogP contribution in [0.1, 0.15) is 29.3 Å². The summed E-state index contributed by atoms with van der Waals surface area (Å²) in [6.45, 7) is 4.89. The molecule has 0 radical (unpaired) electrons. The van der Waals surface area contributed by atoms with Gasteiger partial charge in [-0.3, -0.25) is 4.79 Å². The van der Waals surface area contributed by atoms with Crippen molar-refractivity contribution in [1.29, 1.82) is 0 Å². The van der Waals surface area contributed by atoms with Gasteiger partial charge in [-0.05, 0) is 36.1 Å².